The van der Waals surface area contributed by atoms with Gasteiger partial charge in [0.05, 0.1) is 13.2 Å². The molecule has 0 unspecified atom stereocenters. The maximum Gasteiger partial charge on any atom is 0.130 e. The zero-order valence-electron chi connectivity index (χ0n) is 17.2. The number of aryl methyl sites for hydroxylation is 1. The monoisotopic (exact) mass is 390 g/mol. The molecule has 0 aliphatic heterocycles. The summed E-state index contributed by atoms with van der Waals surface area (Å²) < 4.78 is 12.4. The third kappa shape index (κ3) is 6.92. The first-order valence-electron chi connectivity index (χ1n) is 10.5. The topological polar surface area (TPSA) is 18.5 Å². The van der Waals surface area contributed by atoms with Crippen molar-refractivity contribution in [1.82, 2.24) is 0 Å². The van der Waals surface area contributed by atoms with Crippen LogP contribution in [0.25, 0.3) is 10.8 Å². The quantitative estimate of drug-likeness (QED) is 0.262. The van der Waals surface area contributed by atoms with E-state index in [-0.39, 0.29) is 0 Å². The van der Waals surface area contributed by atoms with E-state index in [0.29, 0.717) is 5.92 Å². The first kappa shape index (κ1) is 21.9. The molecule has 0 fully saturated rings. The number of alkyl halides is 1. The van der Waals surface area contributed by atoms with Crippen LogP contribution in [0.4, 0.5) is 0 Å². The van der Waals surface area contributed by atoms with Crippen LogP contribution in [0.5, 0.6) is 11.5 Å². The van der Waals surface area contributed by atoms with Crippen LogP contribution in [0.2, 0.25) is 0 Å². The Balaban J connectivity index is 2.03. The number of fused-ring (bicyclic) bond motifs is 1. The summed E-state index contributed by atoms with van der Waals surface area (Å²) in [5.41, 5.74) is 1.23. The van der Waals surface area contributed by atoms with Crippen LogP contribution in [-0.4, -0.2) is 19.1 Å². The fourth-order valence-corrected chi connectivity index (χ4v) is 3.45. The predicted octanol–water partition coefficient (Wildman–Crippen LogP) is 7.40. The fourth-order valence-electron chi connectivity index (χ4n) is 3.26. The largest absolute Gasteiger partial charge is 0.493 e. The Morgan fingerprint density at radius 1 is 0.889 bits per heavy atom. The number of hydrogen-bond donors (Lipinski definition) is 0. The van der Waals surface area contributed by atoms with Gasteiger partial charge in [-0.25, -0.2) is 0 Å². The lowest BCUT2D eigenvalue weighted by Gasteiger charge is -2.18. The second-order valence-electron chi connectivity index (χ2n) is 7.63. The number of halogens is 1. The molecular weight excluding hydrogens is 356 g/mol. The van der Waals surface area contributed by atoms with Gasteiger partial charge in [-0.1, -0.05) is 70.7 Å². The zero-order valence-corrected chi connectivity index (χ0v) is 18.0. The van der Waals surface area contributed by atoms with Gasteiger partial charge in [-0.05, 0) is 36.8 Å². The van der Waals surface area contributed by atoms with Crippen molar-refractivity contribution in [2.24, 2.45) is 5.92 Å². The van der Waals surface area contributed by atoms with Crippen molar-refractivity contribution in [3.63, 3.8) is 0 Å². The second-order valence-corrected chi connectivity index (χ2v) is 8.00. The lowest BCUT2D eigenvalue weighted by molar-refractivity contribution is 0.270. The summed E-state index contributed by atoms with van der Waals surface area (Å²) in [4.78, 5) is 0. The lowest BCUT2D eigenvalue weighted by Crippen LogP contribution is -2.07. The first-order valence-corrected chi connectivity index (χ1v) is 11.1. The SMILES string of the molecule is CCc1cc(OCCCCCCCCCl)c2ccccc2c1OCC(C)C. The van der Waals surface area contributed by atoms with Gasteiger partial charge in [0, 0.05) is 16.7 Å². The molecule has 0 aliphatic rings. The highest BCUT2D eigenvalue weighted by Gasteiger charge is 2.13. The maximum absolute atomic E-state index is 6.19. The van der Waals surface area contributed by atoms with Gasteiger partial charge in [0.25, 0.3) is 0 Å². The van der Waals surface area contributed by atoms with E-state index in [4.69, 9.17) is 21.1 Å². The minimum atomic E-state index is 0.508. The van der Waals surface area contributed by atoms with E-state index >= 15 is 0 Å². The van der Waals surface area contributed by atoms with Gasteiger partial charge in [-0.2, -0.15) is 0 Å². The summed E-state index contributed by atoms with van der Waals surface area (Å²) in [5.74, 6) is 3.30. The standard InChI is InChI=1S/C24H35ClO2/c1-4-20-17-23(26-16-12-8-6-5-7-11-15-25)21-13-9-10-14-22(21)24(20)27-18-19(2)3/h9-10,13-14,17,19H,4-8,11-12,15-16,18H2,1-3H3. The molecule has 0 radical (unpaired) electrons. The Hall–Kier alpha value is -1.41. The fraction of sp³-hybridized carbons (Fsp3) is 0.583. The van der Waals surface area contributed by atoms with Gasteiger partial charge >= 0.3 is 0 Å². The minimum absolute atomic E-state index is 0.508. The van der Waals surface area contributed by atoms with Crippen molar-refractivity contribution in [3.8, 4) is 11.5 Å². The summed E-state index contributed by atoms with van der Waals surface area (Å²) in [6.45, 7) is 8.05. The third-order valence-electron chi connectivity index (χ3n) is 4.76. The van der Waals surface area contributed by atoms with Crippen molar-refractivity contribution in [2.45, 2.75) is 65.7 Å². The van der Waals surface area contributed by atoms with Crippen molar-refractivity contribution in [1.29, 1.82) is 0 Å². The Labute approximate surface area is 170 Å². The maximum atomic E-state index is 6.19. The predicted molar refractivity (Wildman–Crippen MR) is 118 cm³/mol. The molecule has 2 aromatic rings. The molecule has 0 saturated carbocycles. The molecule has 2 aromatic carbocycles. The van der Waals surface area contributed by atoms with Crippen LogP contribution in [0.1, 0.15) is 64.9 Å². The smallest absolute Gasteiger partial charge is 0.130 e. The highest BCUT2D eigenvalue weighted by Crippen LogP contribution is 2.37. The molecule has 0 aromatic heterocycles. The van der Waals surface area contributed by atoms with Gasteiger partial charge in [0.1, 0.15) is 11.5 Å². The molecule has 150 valence electrons. The molecular formula is C24H35ClO2. The Bertz CT molecular complexity index is 681. The van der Waals surface area contributed by atoms with Crippen LogP contribution >= 0.6 is 11.6 Å². The van der Waals surface area contributed by atoms with E-state index in [1.807, 2.05) is 0 Å². The lowest BCUT2D eigenvalue weighted by atomic mass is 10.0. The van der Waals surface area contributed by atoms with Crippen LogP contribution in [0.15, 0.2) is 30.3 Å². The molecule has 27 heavy (non-hydrogen) atoms. The van der Waals surface area contributed by atoms with Gasteiger partial charge in [-0.15, -0.1) is 11.6 Å². The molecule has 2 nitrogen and oxygen atoms in total. The summed E-state index contributed by atoms with van der Waals surface area (Å²) in [5, 5.41) is 2.31. The van der Waals surface area contributed by atoms with Crippen LogP contribution < -0.4 is 9.47 Å². The van der Waals surface area contributed by atoms with E-state index in [1.165, 1.54) is 31.2 Å². The van der Waals surface area contributed by atoms with Crippen LogP contribution in [0.3, 0.4) is 0 Å². The normalized spacial score (nSPS) is 11.3. The molecule has 0 bridgehead atoms. The Morgan fingerprint density at radius 2 is 1.56 bits per heavy atom. The highest BCUT2D eigenvalue weighted by atomic mass is 35.5. The number of benzene rings is 2. The average Bonchev–Trinajstić information content (AvgIpc) is 2.68. The molecule has 2 rings (SSSR count). The van der Waals surface area contributed by atoms with E-state index in [0.717, 1.165) is 60.6 Å². The molecule has 0 atom stereocenters. The Morgan fingerprint density at radius 3 is 2.22 bits per heavy atom. The zero-order chi connectivity index (χ0) is 19.5. The number of ether oxygens (including phenoxy) is 2. The number of rotatable bonds is 13. The van der Waals surface area contributed by atoms with Gasteiger partial charge in [0.2, 0.25) is 0 Å². The van der Waals surface area contributed by atoms with E-state index in [9.17, 15) is 0 Å². The van der Waals surface area contributed by atoms with E-state index in [1.54, 1.807) is 0 Å². The highest BCUT2D eigenvalue weighted by molar-refractivity contribution is 6.17. The summed E-state index contributed by atoms with van der Waals surface area (Å²) in [7, 11) is 0. The first-order chi connectivity index (χ1) is 13.2. The molecule has 0 spiro atoms. The molecule has 0 amide bonds. The van der Waals surface area contributed by atoms with Crippen LogP contribution in [0, 0.1) is 5.92 Å². The minimum Gasteiger partial charge on any atom is -0.493 e. The second kappa shape index (κ2) is 12.1. The number of hydrogen-bond acceptors (Lipinski definition) is 2. The molecule has 3 heteroatoms. The van der Waals surface area contributed by atoms with Gasteiger partial charge in [-0.3, -0.25) is 0 Å². The molecule has 0 N–H and O–H groups in total. The van der Waals surface area contributed by atoms with Crippen molar-refractivity contribution in [3.05, 3.63) is 35.9 Å². The molecule has 0 aliphatic carbocycles. The summed E-state index contributed by atoms with van der Waals surface area (Å²) in [6.07, 6.45) is 8.18. The molecule has 0 saturated heterocycles. The van der Waals surface area contributed by atoms with Crippen LogP contribution in [-0.2, 0) is 6.42 Å². The van der Waals surface area contributed by atoms with Gasteiger partial charge < -0.3 is 9.47 Å². The number of unbranched alkanes of at least 4 members (excludes halogenated alkanes) is 5. The van der Waals surface area contributed by atoms with Crippen molar-refractivity contribution >= 4 is 22.4 Å². The van der Waals surface area contributed by atoms with Crippen molar-refractivity contribution < 1.29 is 9.47 Å². The average molecular weight is 391 g/mol. The van der Waals surface area contributed by atoms with Crippen molar-refractivity contribution in [2.75, 3.05) is 19.1 Å². The van der Waals surface area contributed by atoms with E-state index in [2.05, 4.69) is 51.1 Å². The Kier molecular flexibility index (Phi) is 9.83. The summed E-state index contributed by atoms with van der Waals surface area (Å²) >= 11 is 5.72. The summed E-state index contributed by atoms with van der Waals surface area (Å²) in [6, 6.07) is 10.6. The van der Waals surface area contributed by atoms with E-state index < -0.39 is 0 Å². The van der Waals surface area contributed by atoms with Gasteiger partial charge in [0.15, 0.2) is 0 Å². The third-order valence-corrected chi connectivity index (χ3v) is 5.03. The molecule has 0 heterocycles.